The molecule has 3 heteroatoms. The van der Waals surface area contributed by atoms with Crippen LogP contribution in [-0.4, -0.2) is 6.29 Å². The largest absolute Gasteiger partial charge is 0.399 e. The number of nitrogen functional groups attached to an aromatic ring is 1. The SMILES string of the molecule is Cc1cc(N)cc2c(C=O)csc12. The molecule has 0 spiro atoms. The minimum absolute atomic E-state index is 0.714. The molecule has 0 aliphatic heterocycles. The zero-order valence-electron chi connectivity index (χ0n) is 7.20. The first-order chi connectivity index (χ1) is 6.22. The van der Waals surface area contributed by atoms with Gasteiger partial charge < -0.3 is 5.73 Å². The molecule has 0 saturated carbocycles. The lowest BCUT2D eigenvalue weighted by molar-refractivity contribution is 0.112. The molecule has 2 rings (SSSR count). The van der Waals surface area contributed by atoms with Gasteiger partial charge in [0.2, 0.25) is 0 Å². The predicted octanol–water partition coefficient (Wildman–Crippen LogP) is 2.60. The van der Waals surface area contributed by atoms with Crippen molar-refractivity contribution in [3.05, 3.63) is 28.6 Å². The van der Waals surface area contributed by atoms with Crippen molar-refractivity contribution in [2.45, 2.75) is 6.92 Å². The van der Waals surface area contributed by atoms with Crippen molar-refractivity contribution in [2.24, 2.45) is 0 Å². The van der Waals surface area contributed by atoms with Crippen molar-refractivity contribution >= 4 is 33.4 Å². The van der Waals surface area contributed by atoms with Crippen LogP contribution in [0.15, 0.2) is 17.5 Å². The van der Waals surface area contributed by atoms with E-state index >= 15 is 0 Å². The smallest absolute Gasteiger partial charge is 0.151 e. The van der Waals surface area contributed by atoms with E-state index in [1.165, 1.54) is 0 Å². The van der Waals surface area contributed by atoms with Crippen LogP contribution in [0, 0.1) is 6.92 Å². The molecule has 0 amide bonds. The zero-order valence-corrected chi connectivity index (χ0v) is 8.02. The number of fused-ring (bicyclic) bond motifs is 1. The van der Waals surface area contributed by atoms with Crippen molar-refractivity contribution in [1.29, 1.82) is 0 Å². The normalized spacial score (nSPS) is 10.5. The maximum Gasteiger partial charge on any atom is 0.151 e. The number of thiophene rings is 1. The Morgan fingerprint density at radius 3 is 2.92 bits per heavy atom. The van der Waals surface area contributed by atoms with Gasteiger partial charge >= 0.3 is 0 Å². The molecule has 2 nitrogen and oxygen atoms in total. The summed E-state index contributed by atoms with van der Waals surface area (Å²) in [5.41, 5.74) is 8.27. The molecule has 2 aromatic rings. The average Bonchev–Trinajstić information content (AvgIpc) is 2.47. The second-order valence-electron chi connectivity index (χ2n) is 3.02. The van der Waals surface area contributed by atoms with Gasteiger partial charge in [-0.2, -0.15) is 0 Å². The van der Waals surface area contributed by atoms with Crippen LogP contribution in [0.25, 0.3) is 10.1 Å². The van der Waals surface area contributed by atoms with Crippen LogP contribution in [0.1, 0.15) is 15.9 Å². The van der Waals surface area contributed by atoms with Gasteiger partial charge in [0.05, 0.1) is 0 Å². The van der Waals surface area contributed by atoms with Gasteiger partial charge in [-0.1, -0.05) is 0 Å². The fourth-order valence-electron chi connectivity index (χ4n) is 1.45. The quantitative estimate of drug-likeness (QED) is 0.556. The maximum absolute atomic E-state index is 10.7. The molecule has 0 radical (unpaired) electrons. The summed E-state index contributed by atoms with van der Waals surface area (Å²) >= 11 is 1.59. The Bertz CT molecular complexity index is 473. The van der Waals surface area contributed by atoms with Gasteiger partial charge in [-0.15, -0.1) is 11.3 Å². The summed E-state index contributed by atoms with van der Waals surface area (Å²) in [7, 11) is 0. The first-order valence-electron chi connectivity index (χ1n) is 3.95. The van der Waals surface area contributed by atoms with Crippen LogP contribution in [0.3, 0.4) is 0 Å². The van der Waals surface area contributed by atoms with Gasteiger partial charge in [0, 0.05) is 26.7 Å². The number of aryl methyl sites for hydroxylation is 1. The Hall–Kier alpha value is -1.35. The lowest BCUT2D eigenvalue weighted by Crippen LogP contribution is -1.86. The van der Waals surface area contributed by atoms with E-state index in [0.717, 1.165) is 27.5 Å². The van der Waals surface area contributed by atoms with E-state index in [0.29, 0.717) is 5.69 Å². The fraction of sp³-hybridized carbons (Fsp3) is 0.100. The van der Waals surface area contributed by atoms with E-state index in [1.807, 2.05) is 24.4 Å². The molecule has 13 heavy (non-hydrogen) atoms. The van der Waals surface area contributed by atoms with Crippen LogP contribution in [0.2, 0.25) is 0 Å². The summed E-state index contributed by atoms with van der Waals surface area (Å²) in [4.78, 5) is 10.7. The van der Waals surface area contributed by atoms with Gasteiger partial charge in [0.1, 0.15) is 0 Å². The van der Waals surface area contributed by atoms with Crippen molar-refractivity contribution in [3.8, 4) is 0 Å². The highest BCUT2D eigenvalue weighted by atomic mass is 32.1. The number of carbonyl (C=O) groups is 1. The highest BCUT2D eigenvalue weighted by Crippen LogP contribution is 2.29. The van der Waals surface area contributed by atoms with Crippen LogP contribution in [0.5, 0.6) is 0 Å². The van der Waals surface area contributed by atoms with Gasteiger partial charge in [0.15, 0.2) is 6.29 Å². The fourth-order valence-corrected chi connectivity index (χ4v) is 2.43. The van der Waals surface area contributed by atoms with E-state index in [4.69, 9.17) is 5.73 Å². The Kier molecular flexibility index (Phi) is 1.81. The molecule has 0 unspecified atom stereocenters. The van der Waals surface area contributed by atoms with Gasteiger partial charge in [-0.25, -0.2) is 0 Å². The minimum atomic E-state index is 0.714. The summed E-state index contributed by atoms with van der Waals surface area (Å²) in [5.74, 6) is 0. The molecule has 1 heterocycles. The maximum atomic E-state index is 10.7. The van der Waals surface area contributed by atoms with Gasteiger partial charge in [-0.05, 0) is 24.6 Å². The van der Waals surface area contributed by atoms with E-state index in [9.17, 15) is 4.79 Å². The molecule has 0 aliphatic carbocycles. The van der Waals surface area contributed by atoms with Crippen LogP contribution in [0.4, 0.5) is 5.69 Å². The second-order valence-corrected chi connectivity index (χ2v) is 3.90. The van der Waals surface area contributed by atoms with E-state index in [-0.39, 0.29) is 0 Å². The Labute approximate surface area is 80.0 Å². The molecule has 0 fully saturated rings. The van der Waals surface area contributed by atoms with Crippen LogP contribution < -0.4 is 5.73 Å². The van der Waals surface area contributed by atoms with E-state index in [2.05, 4.69) is 0 Å². The highest BCUT2D eigenvalue weighted by Gasteiger charge is 2.05. The number of hydrogen-bond donors (Lipinski definition) is 1. The summed E-state index contributed by atoms with van der Waals surface area (Å²) in [5, 5.41) is 2.84. The predicted molar refractivity (Wildman–Crippen MR) is 56.4 cm³/mol. The Morgan fingerprint density at radius 1 is 1.46 bits per heavy atom. The number of nitrogens with two attached hydrogens (primary N) is 1. The number of aldehydes is 1. The molecule has 1 aromatic carbocycles. The molecule has 0 aliphatic rings. The average molecular weight is 191 g/mol. The van der Waals surface area contributed by atoms with Crippen LogP contribution >= 0.6 is 11.3 Å². The molecule has 2 N–H and O–H groups in total. The second kappa shape index (κ2) is 2.85. The van der Waals surface area contributed by atoms with Crippen molar-refractivity contribution < 1.29 is 4.79 Å². The summed E-state index contributed by atoms with van der Waals surface area (Å²) in [6.45, 7) is 2.00. The third kappa shape index (κ3) is 1.21. The van der Waals surface area contributed by atoms with Crippen LogP contribution in [-0.2, 0) is 0 Å². The Morgan fingerprint density at radius 2 is 2.23 bits per heavy atom. The molecule has 1 aromatic heterocycles. The third-order valence-electron chi connectivity index (χ3n) is 2.04. The topological polar surface area (TPSA) is 43.1 Å². The molecule has 66 valence electrons. The standard InChI is InChI=1S/C10H9NOS/c1-6-2-8(11)3-9-7(4-12)5-13-10(6)9/h2-5H,11H2,1H3. The van der Waals surface area contributed by atoms with Gasteiger partial charge in [0.25, 0.3) is 0 Å². The number of benzene rings is 1. The number of hydrogen-bond acceptors (Lipinski definition) is 3. The monoisotopic (exact) mass is 191 g/mol. The van der Waals surface area contributed by atoms with Crippen molar-refractivity contribution in [1.82, 2.24) is 0 Å². The highest BCUT2D eigenvalue weighted by molar-refractivity contribution is 7.17. The summed E-state index contributed by atoms with van der Waals surface area (Å²) < 4.78 is 1.15. The number of rotatable bonds is 1. The summed E-state index contributed by atoms with van der Waals surface area (Å²) in [6, 6.07) is 3.77. The number of carbonyl (C=O) groups excluding carboxylic acids is 1. The first kappa shape index (κ1) is 8.26. The molecular weight excluding hydrogens is 182 g/mol. The lowest BCUT2D eigenvalue weighted by atomic mass is 10.1. The molecule has 0 saturated heterocycles. The van der Waals surface area contributed by atoms with Crippen molar-refractivity contribution in [2.75, 3.05) is 5.73 Å². The van der Waals surface area contributed by atoms with Crippen molar-refractivity contribution in [3.63, 3.8) is 0 Å². The van der Waals surface area contributed by atoms with E-state index < -0.39 is 0 Å². The lowest BCUT2D eigenvalue weighted by Gasteiger charge is -1.98. The number of anilines is 1. The van der Waals surface area contributed by atoms with Gasteiger partial charge in [-0.3, -0.25) is 4.79 Å². The zero-order chi connectivity index (χ0) is 9.42. The van der Waals surface area contributed by atoms with E-state index in [1.54, 1.807) is 11.3 Å². The molecule has 0 atom stereocenters. The molecular formula is C10H9NOS. The summed E-state index contributed by atoms with van der Waals surface area (Å²) in [6.07, 6.45) is 0.873. The molecule has 0 bridgehead atoms. The third-order valence-corrected chi connectivity index (χ3v) is 3.19. The Balaban J connectivity index is 2.89. The first-order valence-corrected chi connectivity index (χ1v) is 4.83. The minimum Gasteiger partial charge on any atom is -0.399 e.